The van der Waals surface area contributed by atoms with Crippen molar-refractivity contribution in [2.45, 2.75) is 19.3 Å². The Morgan fingerprint density at radius 2 is 1.94 bits per heavy atom. The van der Waals surface area contributed by atoms with Crippen LogP contribution in [-0.2, 0) is 11.3 Å². The van der Waals surface area contributed by atoms with Crippen LogP contribution < -0.4 is 10.1 Å². The van der Waals surface area contributed by atoms with Gasteiger partial charge in [0.2, 0.25) is 5.91 Å². The minimum absolute atomic E-state index is 0.0953. The summed E-state index contributed by atoms with van der Waals surface area (Å²) in [7, 11) is 0. The van der Waals surface area contributed by atoms with Crippen molar-refractivity contribution < 1.29 is 31.9 Å². The second-order valence-electron chi connectivity index (χ2n) is 7.50. The molecule has 0 aromatic heterocycles. The van der Waals surface area contributed by atoms with Gasteiger partial charge in [-0.15, -0.1) is 13.2 Å². The van der Waals surface area contributed by atoms with Gasteiger partial charge in [0, 0.05) is 18.8 Å². The maximum Gasteiger partial charge on any atom is 0.573 e. The van der Waals surface area contributed by atoms with E-state index in [1.807, 2.05) is 6.08 Å². The van der Waals surface area contributed by atoms with Crippen LogP contribution >= 0.6 is 0 Å². The SMILES string of the molecule is O=C(CN1Cc2cc(F)ccc2NC1=O)N1CCC=C(c2cccc(OC(F)(F)F)c2)C1. The molecule has 0 bridgehead atoms. The Morgan fingerprint density at radius 1 is 1.12 bits per heavy atom. The number of rotatable bonds is 4. The summed E-state index contributed by atoms with van der Waals surface area (Å²) in [6.45, 7) is 0.501. The molecule has 2 aliphatic rings. The Labute approximate surface area is 181 Å². The molecule has 168 valence electrons. The first kappa shape index (κ1) is 21.7. The monoisotopic (exact) mass is 449 g/mol. The topological polar surface area (TPSA) is 61.9 Å². The van der Waals surface area contributed by atoms with E-state index in [-0.39, 0.29) is 31.3 Å². The third kappa shape index (κ3) is 5.01. The van der Waals surface area contributed by atoms with Crippen LogP contribution in [0.5, 0.6) is 5.75 Å². The van der Waals surface area contributed by atoms with Crippen molar-refractivity contribution in [3.8, 4) is 5.75 Å². The molecule has 2 heterocycles. The number of ether oxygens (including phenoxy) is 1. The third-order valence-corrected chi connectivity index (χ3v) is 5.23. The molecule has 0 aliphatic carbocycles. The summed E-state index contributed by atoms with van der Waals surface area (Å²) in [5, 5.41) is 2.64. The van der Waals surface area contributed by atoms with Crippen molar-refractivity contribution in [3.05, 3.63) is 65.5 Å². The maximum absolute atomic E-state index is 13.5. The number of anilines is 1. The van der Waals surface area contributed by atoms with Gasteiger partial charge in [0.1, 0.15) is 18.1 Å². The van der Waals surface area contributed by atoms with Gasteiger partial charge in [-0.1, -0.05) is 18.2 Å². The zero-order chi connectivity index (χ0) is 22.9. The number of urea groups is 1. The summed E-state index contributed by atoms with van der Waals surface area (Å²) in [4.78, 5) is 28.0. The number of hydrogen-bond acceptors (Lipinski definition) is 3. The molecular formula is C22H19F4N3O3. The van der Waals surface area contributed by atoms with Crippen LogP contribution in [-0.4, -0.2) is 47.7 Å². The summed E-state index contributed by atoms with van der Waals surface area (Å²) < 4.78 is 55.0. The van der Waals surface area contributed by atoms with Crippen molar-refractivity contribution in [3.63, 3.8) is 0 Å². The number of hydrogen-bond donors (Lipinski definition) is 1. The van der Waals surface area contributed by atoms with E-state index < -0.39 is 18.2 Å². The van der Waals surface area contributed by atoms with Gasteiger partial charge >= 0.3 is 12.4 Å². The molecule has 0 atom stereocenters. The molecule has 0 fully saturated rings. The van der Waals surface area contributed by atoms with Crippen LogP contribution in [0.2, 0.25) is 0 Å². The Kier molecular flexibility index (Phi) is 5.77. The van der Waals surface area contributed by atoms with Crippen molar-refractivity contribution >= 4 is 23.2 Å². The fourth-order valence-corrected chi connectivity index (χ4v) is 3.74. The highest BCUT2D eigenvalue weighted by Crippen LogP contribution is 2.28. The predicted octanol–water partition coefficient (Wildman–Crippen LogP) is 4.39. The normalized spacial score (nSPS) is 16.2. The zero-order valence-electron chi connectivity index (χ0n) is 16.8. The van der Waals surface area contributed by atoms with Crippen LogP contribution in [0, 0.1) is 5.82 Å². The first-order valence-electron chi connectivity index (χ1n) is 9.85. The Balaban J connectivity index is 1.42. The lowest BCUT2D eigenvalue weighted by Gasteiger charge is -2.33. The fraction of sp³-hybridized carbons (Fsp3) is 0.273. The second-order valence-corrected chi connectivity index (χ2v) is 7.50. The van der Waals surface area contributed by atoms with Crippen LogP contribution in [0.4, 0.5) is 28.0 Å². The Morgan fingerprint density at radius 3 is 2.72 bits per heavy atom. The predicted molar refractivity (Wildman–Crippen MR) is 108 cm³/mol. The van der Waals surface area contributed by atoms with Gasteiger partial charge < -0.3 is 19.9 Å². The molecule has 0 spiro atoms. The third-order valence-electron chi connectivity index (χ3n) is 5.23. The van der Waals surface area contributed by atoms with E-state index in [1.165, 1.54) is 41.3 Å². The number of benzene rings is 2. The number of amides is 3. The smallest absolute Gasteiger partial charge is 0.406 e. The molecule has 0 radical (unpaired) electrons. The summed E-state index contributed by atoms with van der Waals surface area (Å²) in [5.41, 5.74) is 2.28. The van der Waals surface area contributed by atoms with Crippen molar-refractivity contribution in [2.75, 3.05) is 25.0 Å². The molecule has 6 nitrogen and oxygen atoms in total. The minimum atomic E-state index is -4.79. The van der Waals surface area contributed by atoms with E-state index in [9.17, 15) is 27.2 Å². The molecule has 10 heteroatoms. The molecule has 2 aromatic carbocycles. The maximum atomic E-state index is 13.5. The summed E-state index contributed by atoms with van der Waals surface area (Å²) in [6, 6.07) is 9.15. The lowest BCUT2D eigenvalue weighted by Crippen LogP contribution is -2.47. The lowest BCUT2D eigenvalue weighted by molar-refractivity contribution is -0.274. The molecule has 0 unspecified atom stereocenters. The number of nitrogens with one attached hydrogen (secondary N) is 1. The van der Waals surface area contributed by atoms with E-state index in [1.54, 1.807) is 11.0 Å². The molecule has 2 aliphatic heterocycles. The number of carbonyl (C=O) groups excluding carboxylic acids is 2. The Bertz CT molecular complexity index is 1080. The highest BCUT2D eigenvalue weighted by atomic mass is 19.4. The minimum Gasteiger partial charge on any atom is -0.406 e. The van der Waals surface area contributed by atoms with Crippen molar-refractivity contribution in [1.29, 1.82) is 0 Å². The van der Waals surface area contributed by atoms with Crippen LogP contribution in [0.1, 0.15) is 17.5 Å². The van der Waals surface area contributed by atoms with Gasteiger partial charge in [0.15, 0.2) is 0 Å². The highest BCUT2D eigenvalue weighted by molar-refractivity contribution is 5.95. The molecule has 1 N–H and O–H groups in total. The summed E-state index contributed by atoms with van der Waals surface area (Å²) >= 11 is 0. The van der Waals surface area contributed by atoms with Crippen molar-refractivity contribution in [2.24, 2.45) is 0 Å². The summed E-state index contributed by atoms with van der Waals surface area (Å²) in [5.74, 6) is -1.09. The number of halogens is 4. The zero-order valence-corrected chi connectivity index (χ0v) is 16.8. The molecule has 0 saturated heterocycles. The van der Waals surface area contributed by atoms with Gasteiger partial charge in [0.05, 0.1) is 6.54 Å². The molecule has 2 aromatic rings. The first-order chi connectivity index (χ1) is 15.2. The van der Waals surface area contributed by atoms with Gasteiger partial charge in [-0.3, -0.25) is 4.79 Å². The molecule has 3 amide bonds. The summed E-state index contributed by atoms with van der Waals surface area (Å²) in [6.07, 6.45) is -2.41. The van der Waals surface area contributed by atoms with E-state index in [0.717, 1.165) is 0 Å². The van der Waals surface area contributed by atoms with E-state index in [2.05, 4.69) is 10.1 Å². The van der Waals surface area contributed by atoms with Gasteiger partial charge in [-0.2, -0.15) is 0 Å². The number of carbonyl (C=O) groups is 2. The van der Waals surface area contributed by atoms with Gasteiger partial charge in [-0.05, 0) is 53.5 Å². The average Bonchev–Trinajstić information content (AvgIpc) is 2.73. The molecule has 0 saturated carbocycles. The number of fused-ring (bicyclic) bond motifs is 1. The lowest BCUT2D eigenvalue weighted by atomic mass is 10.0. The molecular weight excluding hydrogens is 430 g/mol. The van der Waals surface area contributed by atoms with Crippen molar-refractivity contribution in [1.82, 2.24) is 9.80 Å². The highest BCUT2D eigenvalue weighted by Gasteiger charge is 2.31. The van der Waals surface area contributed by atoms with E-state index >= 15 is 0 Å². The van der Waals surface area contributed by atoms with Gasteiger partial charge in [0.25, 0.3) is 0 Å². The number of alkyl halides is 3. The fourth-order valence-electron chi connectivity index (χ4n) is 3.74. The van der Waals surface area contributed by atoms with Gasteiger partial charge in [-0.25, -0.2) is 9.18 Å². The Hall–Kier alpha value is -3.56. The molecule has 4 rings (SSSR count). The van der Waals surface area contributed by atoms with E-state index in [0.29, 0.717) is 35.4 Å². The van der Waals surface area contributed by atoms with Crippen LogP contribution in [0.3, 0.4) is 0 Å². The average molecular weight is 449 g/mol. The standard InChI is InChI=1S/C22H19F4N3O3/c23-17-6-7-19-16(9-17)12-29(21(31)27-19)13-20(30)28-8-2-4-15(11-28)14-3-1-5-18(10-14)32-22(24,25)26/h1,3-7,9-10H,2,8,11-13H2,(H,27,31). The quantitative estimate of drug-likeness (QED) is 0.705. The molecule has 32 heavy (non-hydrogen) atoms. The van der Waals surface area contributed by atoms with Crippen LogP contribution in [0.25, 0.3) is 5.57 Å². The van der Waals surface area contributed by atoms with Crippen LogP contribution in [0.15, 0.2) is 48.5 Å². The first-order valence-corrected chi connectivity index (χ1v) is 9.85. The second kappa shape index (κ2) is 8.52. The number of nitrogens with zero attached hydrogens (tertiary/aromatic N) is 2. The largest absolute Gasteiger partial charge is 0.573 e. The van der Waals surface area contributed by atoms with E-state index in [4.69, 9.17) is 0 Å².